The van der Waals surface area contributed by atoms with E-state index in [1.165, 1.54) is 0 Å². The van der Waals surface area contributed by atoms with Crippen LogP contribution in [-0.4, -0.2) is 24.1 Å². The number of ether oxygens (including phenoxy) is 2. The molecule has 5 atom stereocenters. The molecule has 4 heteroatoms. The molecule has 0 amide bonds. The van der Waals surface area contributed by atoms with Crippen LogP contribution in [0.15, 0.2) is 158 Å². The first-order chi connectivity index (χ1) is 22.6. The van der Waals surface area contributed by atoms with Crippen LogP contribution in [0, 0.1) is 5.92 Å². The van der Waals surface area contributed by atoms with E-state index in [1.807, 2.05) is 72.8 Å². The predicted molar refractivity (Wildman–Crippen MR) is 181 cm³/mol. The molecule has 2 aliphatic rings. The van der Waals surface area contributed by atoms with Gasteiger partial charge in [-0.1, -0.05) is 140 Å². The lowest BCUT2D eigenvalue weighted by atomic mass is 9.68. The molecule has 0 aromatic heterocycles. The fourth-order valence-electron chi connectivity index (χ4n) is 6.77. The molecular weight excluding hydrogens is 568 g/mol. The monoisotopic (exact) mass is 602 g/mol. The number of carbonyl (C=O) groups excluding carboxylic acids is 2. The molecule has 0 saturated heterocycles. The molecule has 3 unspecified atom stereocenters. The number of benzene rings is 5. The number of hydrogen-bond acceptors (Lipinski definition) is 4. The second-order valence-electron chi connectivity index (χ2n) is 11.9. The summed E-state index contributed by atoms with van der Waals surface area (Å²) in [7, 11) is 0. The normalized spacial score (nSPS) is 21.6. The van der Waals surface area contributed by atoms with Crippen LogP contribution in [0.3, 0.4) is 0 Å². The van der Waals surface area contributed by atoms with Gasteiger partial charge in [0.15, 0.2) is 0 Å². The predicted octanol–water partition coefficient (Wildman–Crippen LogP) is 9.28. The van der Waals surface area contributed by atoms with Gasteiger partial charge in [-0.25, -0.2) is 9.59 Å². The minimum atomic E-state index is -0.744. The number of fused-ring (bicyclic) bond motifs is 1. The molecule has 0 spiro atoms. The van der Waals surface area contributed by atoms with Gasteiger partial charge in [-0.15, -0.1) is 0 Å². The van der Waals surface area contributed by atoms with Crippen LogP contribution in [-0.2, 0) is 9.47 Å². The molecule has 5 aromatic carbocycles. The Bertz CT molecular complexity index is 1900. The van der Waals surface area contributed by atoms with Crippen LogP contribution in [0.2, 0.25) is 0 Å². The van der Waals surface area contributed by atoms with E-state index < -0.39 is 24.1 Å². The van der Waals surface area contributed by atoms with E-state index in [9.17, 15) is 9.59 Å². The second-order valence-corrected chi connectivity index (χ2v) is 11.9. The largest absolute Gasteiger partial charge is 0.454 e. The van der Waals surface area contributed by atoms with Crippen LogP contribution in [0.5, 0.6) is 0 Å². The second kappa shape index (κ2) is 12.9. The number of carbonyl (C=O) groups is 2. The fourth-order valence-corrected chi connectivity index (χ4v) is 6.77. The Morgan fingerprint density at radius 3 is 1.65 bits per heavy atom. The number of allylic oxidation sites excluding steroid dienone is 4. The number of hydrogen-bond donors (Lipinski definition) is 0. The summed E-state index contributed by atoms with van der Waals surface area (Å²) in [6.07, 6.45) is 5.08. The smallest absolute Gasteiger partial charge is 0.338 e. The van der Waals surface area contributed by atoms with Gasteiger partial charge >= 0.3 is 11.9 Å². The van der Waals surface area contributed by atoms with Gasteiger partial charge in [0.05, 0.1) is 11.1 Å². The summed E-state index contributed by atoms with van der Waals surface area (Å²) in [5.74, 6) is -1.53. The Morgan fingerprint density at radius 1 is 0.543 bits per heavy atom. The van der Waals surface area contributed by atoms with Crippen LogP contribution >= 0.6 is 0 Å². The molecule has 4 nitrogen and oxygen atoms in total. The molecule has 226 valence electrons. The Morgan fingerprint density at radius 2 is 1.07 bits per heavy atom. The molecule has 0 N–H and O–H groups in total. The van der Waals surface area contributed by atoms with E-state index >= 15 is 0 Å². The summed E-state index contributed by atoms with van der Waals surface area (Å²) in [6.45, 7) is 2.06. The highest BCUT2D eigenvalue weighted by atomic mass is 16.6. The van der Waals surface area contributed by atoms with E-state index in [4.69, 9.17) is 9.47 Å². The summed E-state index contributed by atoms with van der Waals surface area (Å²) >= 11 is 0. The molecule has 7 rings (SSSR count). The van der Waals surface area contributed by atoms with Crippen molar-refractivity contribution in [2.45, 2.75) is 31.0 Å². The van der Waals surface area contributed by atoms with Gasteiger partial charge in [0.1, 0.15) is 12.2 Å². The highest BCUT2D eigenvalue weighted by Crippen LogP contribution is 2.49. The van der Waals surface area contributed by atoms with Gasteiger partial charge in [0, 0.05) is 17.8 Å². The van der Waals surface area contributed by atoms with E-state index in [2.05, 4.69) is 67.6 Å². The van der Waals surface area contributed by atoms with E-state index in [0.717, 1.165) is 33.4 Å². The van der Waals surface area contributed by atoms with Crippen molar-refractivity contribution in [3.63, 3.8) is 0 Å². The number of rotatable bonds is 7. The van der Waals surface area contributed by atoms with Crippen molar-refractivity contribution in [3.05, 3.63) is 186 Å². The summed E-state index contributed by atoms with van der Waals surface area (Å²) in [5, 5.41) is 0. The van der Waals surface area contributed by atoms with Crippen molar-refractivity contribution in [2.24, 2.45) is 5.92 Å². The van der Waals surface area contributed by atoms with Crippen LogP contribution in [0.4, 0.5) is 0 Å². The van der Waals surface area contributed by atoms with Crippen LogP contribution < -0.4 is 0 Å². The quantitative estimate of drug-likeness (QED) is 0.174. The van der Waals surface area contributed by atoms with E-state index in [1.54, 1.807) is 24.3 Å². The lowest BCUT2D eigenvalue weighted by Gasteiger charge is -2.43. The minimum Gasteiger partial charge on any atom is -0.454 e. The standard InChI is InChI=1S/C42H34O4/c1-28-37-27-34(30-16-8-3-9-17-30)24-25-36(37)38(35-23-22-33(26-35)29-14-6-2-7-15-29)40(46-42(44)32-20-12-5-13-21-32)39(28)45-41(43)31-18-10-4-11-19-31/h2-28,35,38-40H,1H3/t28-,35?,38-,39?,40?/m0/s1. The lowest BCUT2D eigenvalue weighted by molar-refractivity contribution is -0.0603. The summed E-state index contributed by atoms with van der Waals surface area (Å²) in [6, 6.07) is 45.0. The van der Waals surface area contributed by atoms with Gasteiger partial charge in [0.25, 0.3) is 0 Å². The first-order valence-electron chi connectivity index (χ1n) is 15.7. The van der Waals surface area contributed by atoms with Crippen molar-refractivity contribution in [3.8, 4) is 11.1 Å². The van der Waals surface area contributed by atoms with Crippen molar-refractivity contribution in [1.82, 2.24) is 0 Å². The Balaban J connectivity index is 1.36. The zero-order valence-electron chi connectivity index (χ0n) is 25.5. The Kier molecular flexibility index (Phi) is 8.18. The molecular formula is C42H34O4. The average Bonchev–Trinajstić information content (AvgIpc) is 3.61. The molecule has 5 aromatic rings. The maximum absolute atomic E-state index is 13.7. The van der Waals surface area contributed by atoms with Crippen molar-refractivity contribution >= 4 is 17.5 Å². The average molecular weight is 603 g/mol. The summed E-state index contributed by atoms with van der Waals surface area (Å²) in [5.41, 5.74) is 7.50. The van der Waals surface area contributed by atoms with E-state index in [-0.39, 0.29) is 17.8 Å². The summed E-state index contributed by atoms with van der Waals surface area (Å²) < 4.78 is 12.8. The molecule has 0 fully saturated rings. The molecule has 0 heterocycles. The van der Waals surface area contributed by atoms with Gasteiger partial charge in [-0.2, -0.15) is 0 Å². The molecule has 0 radical (unpaired) electrons. The van der Waals surface area contributed by atoms with Gasteiger partial charge in [0.2, 0.25) is 0 Å². The minimum absolute atomic E-state index is 0.101. The van der Waals surface area contributed by atoms with Crippen molar-refractivity contribution in [2.75, 3.05) is 0 Å². The SMILES string of the molecule is C[C@H]1c2cc(-c3ccccc3)ccc2[C@H](C2C=CC(c3ccccc3)=C2)C(OC(=O)c2ccccc2)C1OC(=O)c1ccccc1. The zero-order valence-corrected chi connectivity index (χ0v) is 25.5. The van der Waals surface area contributed by atoms with Crippen LogP contribution in [0.25, 0.3) is 16.7 Å². The zero-order chi connectivity index (χ0) is 31.5. The third-order valence-electron chi connectivity index (χ3n) is 9.11. The topological polar surface area (TPSA) is 52.6 Å². The van der Waals surface area contributed by atoms with Crippen molar-refractivity contribution < 1.29 is 19.1 Å². The lowest BCUT2D eigenvalue weighted by Crippen LogP contribution is -2.48. The maximum atomic E-state index is 13.7. The third kappa shape index (κ3) is 5.82. The maximum Gasteiger partial charge on any atom is 0.338 e. The van der Waals surface area contributed by atoms with Gasteiger partial charge in [-0.05, 0) is 57.7 Å². The van der Waals surface area contributed by atoms with Crippen LogP contribution in [0.1, 0.15) is 56.2 Å². The highest BCUT2D eigenvalue weighted by molar-refractivity contribution is 5.90. The van der Waals surface area contributed by atoms with Crippen molar-refractivity contribution in [1.29, 1.82) is 0 Å². The Labute approximate surface area is 269 Å². The van der Waals surface area contributed by atoms with Gasteiger partial charge in [-0.3, -0.25) is 0 Å². The fraction of sp³-hybridized carbons (Fsp3) is 0.143. The molecule has 0 bridgehead atoms. The Hall–Kier alpha value is -5.48. The molecule has 0 saturated carbocycles. The molecule has 0 aliphatic heterocycles. The molecule has 46 heavy (non-hydrogen) atoms. The number of esters is 2. The first-order valence-corrected chi connectivity index (χ1v) is 15.7. The highest BCUT2D eigenvalue weighted by Gasteiger charge is 2.48. The summed E-state index contributed by atoms with van der Waals surface area (Å²) in [4.78, 5) is 27.4. The third-order valence-corrected chi connectivity index (χ3v) is 9.11. The van der Waals surface area contributed by atoms with E-state index in [0.29, 0.717) is 11.1 Å². The molecule has 2 aliphatic carbocycles. The first kappa shape index (κ1) is 29.2. The van der Waals surface area contributed by atoms with Gasteiger partial charge < -0.3 is 9.47 Å².